The Morgan fingerprint density at radius 2 is 1.89 bits per heavy atom. The largest absolute Gasteiger partial charge is 0.471 e. The number of piperidine rings is 1. The summed E-state index contributed by atoms with van der Waals surface area (Å²) < 4.78 is 12.5. The van der Waals surface area contributed by atoms with Gasteiger partial charge in [0.25, 0.3) is 5.91 Å². The highest BCUT2D eigenvalue weighted by atomic mass is 32.1. The number of thiazole rings is 1. The molecule has 0 spiro atoms. The third kappa shape index (κ3) is 4.22. The summed E-state index contributed by atoms with van der Waals surface area (Å²) in [7, 11) is 0. The van der Waals surface area contributed by atoms with Crippen LogP contribution >= 0.6 is 11.3 Å². The molecule has 188 valence electrons. The van der Waals surface area contributed by atoms with Gasteiger partial charge in [0.2, 0.25) is 6.23 Å². The van der Waals surface area contributed by atoms with Crippen LogP contribution in [0.1, 0.15) is 36.7 Å². The standard InChI is InChI=1S/C25H29N7O3S/c1-16-5-6-17(14-27-16)24-32(19(15-35-24)21(26)33)18-13-20-22(28-23(18)30-7-3-2-4-8-30)29-25(36-20)31-9-11-34-12-10-31/h5-6,13-15,24H,2-4,7-12H2,1H3,(H2,26,33). The third-order valence-corrected chi connectivity index (χ3v) is 7.86. The maximum Gasteiger partial charge on any atom is 0.268 e. The number of aryl methyl sites for hydroxylation is 1. The second-order valence-electron chi connectivity index (χ2n) is 9.26. The van der Waals surface area contributed by atoms with Gasteiger partial charge in [0.05, 0.1) is 23.6 Å². The first-order chi connectivity index (χ1) is 17.6. The highest BCUT2D eigenvalue weighted by Crippen LogP contribution is 2.44. The number of carbonyl (C=O) groups is 1. The van der Waals surface area contributed by atoms with Gasteiger partial charge in [-0.3, -0.25) is 14.7 Å². The first-order valence-electron chi connectivity index (χ1n) is 12.3. The zero-order valence-corrected chi connectivity index (χ0v) is 21.0. The lowest BCUT2D eigenvalue weighted by atomic mass is 10.1. The van der Waals surface area contributed by atoms with Gasteiger partial charge in [-0.15, -0.1) is 0 Å². The first kappa shape index (κ1) is 23.0. The van der Waals surface area contributed by atoms with Crippen LogP contribution in [-0.2, 0) is 14.3 Å². The van der Waals surface area contributed by atoms with E-state index in [2.05, 4.69) is 20.9 Å². The topological polar surface area (TPSA) is 110 Å². The highest BCUT2D eigenvalue weighted by molar-refractivity contribution is 7.22. The molecule has 0 bridgehead atoms. The summed E-state index contributed by atoms with van der Waals surface area (Å²) in [5, 5.41) is 0.935. The van der Waals surface area contributed by atoms with Gasteiger partial charge in [-0.2, -0.15) is 4.98 Å². The number of pyridine rings is 2. The summed E-state index contributed by atoms with van der Waals surface area (Å²) in [5.74, 6) is 0.240. The smallest absolute Gasteiger partial charge is 0.268 e. The summed E-state index contributed by atoms with van der Waals surface area (Å²) in [6.07, 6.45) is 6.03. The number of anilines is 3. The van der Waals surface area contributed by atoms with Crippen LogP contribution in [-0.4, -0.2) is 60.3 Å². The van der Waals surface area contributed by atoms with Gasteiger partial charge in [0, 0.05) is 43.6 Å². The molecule has 3 aromatic heterocycles. The number of nitrogens with zero attached hydrogens (tertiary/aromatic N) is 6. The van der Waals surface area contributed by atoms with Crippen molar-refractivity contribution in [2.75, 3.05) is 54.1 Å². The summed E-state index contributed by atoms with van der Waals surface area (Å²) in [4.78, 5) is 33.3. The number of primary amides is 1. The summed E-state index contributed by atoms with van der Waals surface area (Å²) in [6, 6.07) is 5.98. The molecule has 2 fully saturated rings. The van der Waals surface area contributed by atoms with E-state index in [4.69, 9.17) is 25.2 Å². The maximum atomic E-state index is 12.5. The van der Waals surface area contributed by atoms with E-state index in [-0.39, 0.29) is 5.70 Å². The number of fused-ring (bicyclic) bond motifs is 1. The van der Waals surface area contributed by atoms with Crippen LogP contribution in [0.4, 0.5) is 16.6 Å². The number of ether oxygens (including phenoxy) is 2. The zero-order chi connectivity index (χ0) is 24.6. The van der Waals surface area contributed by atoms with E-state index in [1.165, 1.54) is 12.7 Å². The molecule has 2 N–H and O–H groups in total. The number of rotatable bonds is 5. The molecule has 10 nitrogen and oxygen atoms in total. The van der Waals surface area contributed by atoms with Crippen molar-refractivity contribution in [1.29, 1.82) is 0 Å². The van der Waals surface area contributed by atoms with Gasteiger partial charge >= 0.3 is 0 Å². The average molecular weight is 508 g/mol. The minimum absolute atomic E-state index is 0.290. The van der Waals surface area contributed by atoms with E-state index < -0.39 is 12.1 Å². The molecule has 2 saturated heterocycles. The lowest BCUT2D eigenvalue weighted by Gasteiger charge is -2.34. The maximum absolute atomic E-state index is 12.5. The van der Waals surface area contributed by atoms with Crippen molar-refractivity contribution in [3.63, 3.8) is 0 Å². The minimum Gasteiger partial charge on any atom is -0.471 e. The van der Waals surface area contributed by atoms with Crippen LogP contribution in [0.5, 0.6) is 0 Å². The fourth-order valence-electron chi connectivity index (χ4n) is 4.90. The van der Waals surface area contributed by atoms with Crippen LogP contribution in [0, 0.1) is 6.92 Å². The highest BCUT2D eigenvalue weighted by Gasteiger charge is 2.37. The molecule has 0 aliphatic carbocycles. The van der Waals surface area contributed by atoms with E-state index in [1.54, 1.807) is 17.5 Å². The lowest BCUT2D eigenvalue weighted by Crippen LogP contribution is -2.36. The Bertz CT molecular complexity index is 1300. The van der Waals surface area contributed by atoms with Crippen molar-refractivity contribution in [3.8, 4) is 0 Å². The number of aromatic nitrogens is 3. The molecule has 0 radical (unpaired) electrons. The Morgan fingerprint density at radius 1 is 1.08 bits per heavy atom. The van der Waals surface area contributed by atoms with Crippen molar-refractivity contribution in [2.45, 2.75) is 32.4 Å². The average Bonchev–Trinajstić information content (AvgIpc) is 3.54. The lowest BCUT2D eigenvalue weighted by molar-refractivity contribution is -0.114. The van der Waals surface area contributed by atoms with E-state index in [1.807, 2.05) is 24.0 Å². The van der Waals surface area contributed by atoms with E-state index >= 15 is 0 Å². The molecule has 0 aromatic carbocycles. The molecule has 11 heteroatoms. The summed E-state index contributed by atoms with van der Waals surface area (Å²) in [6.45, 7) is 6.73. The van der Waals surface area contributed by atoms with Crippen LogP contribution in [0.2, 0.25) is 0 Å². The molecule has 3 aliphatic heterocycles. The number of morpholine rings is 1. The van der Waals surface area contributed by atoms with Crippen LogP contribution < -0.4 is 20.4 Å². The number of hydrogen-bond acceptors (Lipinski definition) is 10. The minimum atomic E-state index is -0.574. The predicted octanol–water partition coefficient (Wildman–Crippen LogP) is 3.08. The number of nitrogens with two attached hydrogens (primary N) is 1. The number of amides is 1. The Balaban J connectivity index is 1.48. The molecule has 1 unspecified atom stereocenters. The molecular weight excluding hydrogens is 478 g/mol. The second-order valence-corrected chi connectivity index (χ2v) is 10.3. The van der Waals surface area contributed by atoms with Gasteiger partial charge in [-0.05, 0) is 38.3 Å². The van der Waals surface area contributed by atoms with Gasteiger partial charge in [0.1, 0.15) is 12.0 Å². The number of carbonyl (C=O) groups excluding carboxylic acids is 1. The molecule has 36 heavy (non-hydrogen) atoms. The monoisotopic (exact) mass is 507 g/mol. The van der Waals surface area contributed by atoms with Crippen molar-refractivity contribution in [3.05, 3.63) is 47.6 Å². The van der Waals surface area contributed by atoms with Gasteiger partial charge in [-0.25, -0.2) is 4.98 Å². The molecule has 3 aliphatic rings. The Hall–Kier alpha value is -3.44. The Kier molecular flexibility index (Phi) is 6.10. The quantitative estimate of drug-likeness (QED) is 0.557. The molecule has 1 amide bonds. The SMILES string of the molecule is Cc1ccc(C2OC=C(C(N)=O)N2c2cc3sc(N4CCOCC4)nc3nc2N2CCCCC2)cn1. The fourth-order valence-corrected chi connectivity index (χ4v) is 5.89. The van der Waals surface area contributed by atoms with Gasteiger partial charge < -0.3 is 25.0 Å². The van der Waals surface area contributed by atoms with Crippen molar-refractivity contribution >= 4 is 44.2 Å². The van der Waals surface area contributed by atoms with Crippen molar-refractivity contribution in [1.82, 2.24) is 15.0 Å². The fraction of sp³-hybridized carbons (Fsp3) is 0.440. The molecule has 1 atom stereocenters. The molecule has 6 heterocycles. The van der Waals surface area contributed by atoms with Gasteiger partial charge in [0.15, 0.2) is 16.6 Å². The third-order valence-electron chi connectivity index (χ3n) is 6.80. The van der Waals surface area contributed by atoms with Crippen molar-refractivity contribution < 1.29 is 14.3 Å². The normalized spacial score (nSPS) is 20.5. The first-order valence-corrected chi connectivity index (χ1v) is 13.2. The van der Waals surface area contributed by atoms with Crippen LogP contribution in [0.15, 0.2) is 36.4 Å². The van der Waals surface area contributed by atoms with E-state index in [0.29, 0.717) is 18.9 Å². The molecule has 6 rings (SSSR count). The van der Waals surface area contributed by atoms with Crippen molar-refractivity contribution in [2.24, 2.45) is 5.73 Å². The second kappa shape index (κ2) is 9.55. The molecule has 3 aromatic rings. The summed E-state index contributed by atoms with van der Waals surface area (Å²) in [5.41, 5.74) is 9.35. The Morgan fingerprint density at radius 3 is 2.61 bits per heavy atom. The van der Waals surface area contributed by atoms with Crippen LogP contribution in [0.25, 0.3) is 10.3 Å². The Labute approximate surface area is 213 Å². The summed E-state index contributed by atoms with van der Waals surface area (Å²) >= 11 is 1.60. The van der Waals surface area contributed by atoms with E-state index in [9.17, 15) is 4.79 Å². The number of hydrogen-bond donors (Lipinski definition) is 1. The molecular formula is C25H29N7O3S. The van der Waals surface area contributed by atoms with Gasteiger partial charge in [-0.1, -0.05) is 17.4 Å². The zero-order valence-electron chi connectivity index (χ0n) is 20.2. The van der Waals surface area contributed by atoms with Crippen LogP contribution in [0.3, 0.4) is 0 Å². The molecule has 0 saturated carbocycles. The van der Waals surface area contributed by atoms with E-state index in [0.717, 1.165) is 71.6 Å². The predicted molar refractivity (Wildman–Crippen MR) is 139 cm³/mol.